The summed E-state index contributed by atoms with van der Waals surface area (Å²) in [7, 11) is 1.51. The van der Waals surface area contributed by atoms with Crippen molar-refractivity contribution in [1.82, 2.24) is 0 Å². The van der Waals surface area contributed by atoms with E-state index in [0.717, 1.165) is 11.6 Å². The summed E-state index contributed by atoms with van der Waals surface area (Å²) in [4.78, 5) is 13.2. The Labute approximate surface area is 116 Å². The largest absolute Gasteiger partial charge is 0.496 e. The molecule has 0 heterocycles. The fourth-order valence-electron chi connectivity index (χ4n) is 1.42. The molecule has 0 aliphatic carbocycles. The number of aliphatic carboxylic acids is 1. The van der Waals surface area contributed by atoms with Crippen molar-refractivity contribution in [2.45, 2.75) is 6.42 Å². The van der Waals surface area contributed by atoms with Crippen molar-refractivity contribution in [1.29, 1.82) is 0 Å². The summed E-state index contributed by atoms with van der Waals surface area (Å²) >= 11 is 0. The summed E-state index contributed by atoms with van der Waals surface area (Å²) < 4.78 is 5.14. The summed E-state index contributed by atoms with van der Waals surface area (Å²) in [5.41, 5.74) is 9.49. The smallest absolute Gasteiger partial charge is 0.328 e. The summed E-state index contributed by atoms with van der Waals surface area (Å²) in [6.45, 7) is 0.325. The zero-order chi connectivity index (χ0) is 14.8. The van der Waals surface area contributed by atoms with E-state index in [1.165, 1.54) is 13.2 Å². The standard InChI is InChI=1S/C14H13N3O3/c1-20-13-7-5-11(4-2-3-9-16-17-15)10-12(13)6-8-14(18)19/h5-8,10H,3,9H2,1H3,(H,18,19)/b8-6+. The van der Waals surface area contributed by atoms with Gasteiger partial charge >= 0.3 is 5.97 Å². The van der Waals surface area contributed by atoms with Gasteiger partial charge in [-0.05, 0) is 29.8 Å². The molecule has 6 nitrogen and oxygen atoms in total. The molecule has 20 heavy (non-hydrogen) atoms. The molecule has 1 aromatic rings. The minimum atomic E-state index is -1.03. The Morgan fingerprint density at radius 3 is 3.05 bits per heavy atom. The van der Waals surface area contributed by atoms with E-state index in [9.17, 15) is 4.79 Å². The highest BCUT2D eigenvalue weighted by Gasteiger charge is 2.01. The summed E-state index contributed by atoms with van der Waals surface area (Å²) in [6.07, 6.45) is 2.96. The second-order valence-corrected chi connectivity index (χ2v) is 3.63. The quantitative estimate of drug-likeness (QED) is 0.223. The van der Waals surface area contributed by atoms with Crippen molar-refractivity contribution in [3.8, 4) is 17.6 Å². The van der Waals surface area contributed by atoms with Crippen LogP contribution in [0, 0.1) is 11.8 Å². The number of carboxylic acid groups (broad SMARTS) is 1. The van der Waals surface area contributed by atoms with Crippen molar-refractivity contribution in [2.24, 2.45) is 5.11 Å². The highest BCUT2D eigenvalue weighted by Crippen LogP contribution is 2.21. The maximum Gasteiger partial charge on any atom is 0.328 e. The number of rotatable bonds is 5. The van der Waals surface area contributed by atoms with Crippen LogP contribution in [0.15, 0.2) is 29.4 Å². The van der Waals surface area contributed by atoms with Crippen LogP contribution < -0.4 is 4.74 Å². The molecule has 6 heteroatoms. The van der Waals surface area contributed by atoms with Crippen LogP contribution in [0.1, 0.15) is 17.5 Å². The molecule has 0 aliphatic rings. The van der Waals surface area contributed by atoms with Gasteiger partial charge in [-0.15, -0.1) is 0 Å². The molecular weight excluding hydrogens is 258 g/mol. The number of methoxy groups -OCH3 is 1. The normalized spacial score (nSPS) is 9.45. The van der Waals surface area contributed by atoms with Crippen LogP contribution >= 0.6 is 0 Å². The number of carboxylic acids is 1. The molecule has 0 amide bonds. The van der Waals surface area contributed by atoms with Crippen molar-refractivity contribution in [2.75, 3.05) is 13.7 Å². The van der Waals surface area contributed by atoms with E-state index in [1.54, 1.807) is 18.2 Å². The molecule has 1 rings (SSSR count). The second kappa shape index (κ2) is 8.25. The Balaban J connectivity index is 2.91. The zero-order valence-electron chi connectivity index (χ0n) is 10.9. The molecule has 0 radical (unpaired) electrons. The molecule has 0 aromatic heterocycles. The number of carbonyl (C=O) groups is 1. The van der Waals surface area contributed by atoms with Gasteiger partial charge in [-0.1, -0.05) is 17.0 Å². The third-order valence-corrected chi connectivity index (χ3v) is 2.27. The first-order valence-corrected chi connectivity index (χ1v) is 5.76. The Morgan fingerprint density at radius 2 is 2.40 bits per heavy atom. The molecule has 0 saturated heterocycles. The first-order valence-electron chi connectivity index (χ1n) is 5.76. The molecule has 0 atom stereocenters. The van der Waals surface area contributed by atoms with E-state index in [2.05, 4.69) is 21.9 Å². The van der Waals surface area contributed by atoms with Crippen LogP contribution in [0.3, 0.4) is 0 Å². The SMILES string of the molecule is COc1ccc(C#CCCN=[N+]=[N-])cc1/C=C/C(=O)O. The molecule has 0 fully saturated rings. The monoisotopic (exact) mass is 271 g/mol. The van der Waals surface area contributed by atoms with Gasteiger partial charge in [0.1, 0.15) is 5.75 Å². The summed E-state index contributed by atoms with van der Waals surface area (Å²) in [5.74, 6) is 5.32. The Hall–Kier alpha value is -2.90. The van der Waals surface area contributed by atoms with Crippen molar-refractivity contribution in [3.63, 3.8) is 0 Å². The first kappa shape index (κ1) is 15.2. The van der Waals surface area contributed by atoms with Crippen LogP contribution in [0.25, 0.3) is 16.5 Å². The van der Waals surface area contributed by atoms with E-state index < -0.39 is 5.97 Å². The number of benzene rings is 1. The van der Waals surface area contributed by atoms with E-state index in [4.69, 9.17) is 15.4 Å². The van der Waals surface area contributed by atoms with Crippen molar-refractivity contribution < 1.29 is 14.6 Å². The van der Waals surface area contributed by atoms with Crippen LogP contribution in [-0.4, -0.2) is 24.7 Å². The number of ether oxygens (including phenoxy) is 1. The minimum absolute atomic E-state index is 0.325. The first-order chi connectivity index (χ1) is 9.67. The highest BCUT2D eigenvalue weighted by atomic mass is 16.5. The van der Waals surface area contributed by atoms with E-state index in [-0.39, 0.29) is 0 Å². The predicted molar refractivity (Wildman–Crippen MR) is 75.2 cm³/mol. The van der Waals surface area contributed by atoms with Gasteiger partial charge in [0.25, 0.3) is 0 Å². The maximum atomic E-state index is 10.5. The molecule has 1 N–H and O–H groups in total. The van der Waals surface area contributed by atoms with E-state index >= 15 is 0 Å². The average Bonchev–Trinajstić information content (AvgIpc) is 2.45. The third-order valence-electron chi connectivity index (χ3n) is 2.27. The van der Waals surface area contributed by atoms with Gasteiger partial charge in [-0.25, -0.2) is 4.79 Å². The lowest BCUT2D eigenvalue weighted by Gasteiger charge is -2.04. The number of azide groups is 1. The Morgan fingerprint density at radius 1 is 1.60 bits per heavy atom. The molecule has 102 valence electrons. The van der Waals surface area contributed by atoms with Gasteiger partial charge in [0.2, 0.25) is 0 Å². The van der Waals surface area contributed by atoms with Gasteiger partial charge in [-0.3, -0.25) is 0 Å². The van der Waals surface area contributed by atoms with Crippen molar-refractivity contribution in [3.05, 3.63) is 45.8 Å². The Bertz CT molecular complexity index is 620. The van der Waals surface area contributed by atoms with Crippen LogP contribution in [-0.2, 0) is 4.79 Å². The molecule has 0 saturated carbocycles. The van der Waals surface area contributed by atoms with E-state index in [1.807, 2.05) is 0 Å². The average molecular weight is 271 g/mol. The zero-order valence-corrected chi connectivity index (χ0v) is 10.9. The topological polar surface area (TPSA) is 95.3 Å². The predicted octanol–water partition coefficient (Wildman–Crippen LogP) is 2.84. The summed E-state index contributed by atoms with van der Waals surface area (Å²) in [5, 5.41) is 12.0. The minimum Gasteiger partial charge on any atom is -0.496 e. The number of hydrogen-bond donors (Lipinski definition) is 1. The van der Waals surface area contributed by atoms with Gasteiger partial charge < -0.3 is 9.84 Å². The lowest BCUT2D eigenvalue weighted by Crippen LogP contribution is -1.90. The van der Waals surface area contributed by atoms with Gasteiger partial charge in [-0.2, -0.15) is 0 Å². The van der Waals surface area contributed by atoms with Crippen LogP contribution in [0.4, 0.5) is 0 Å². The molecule has 0 unspecified atom stereocenters. The molecule has 1 aromatic carbocycles. The van der Waals surface area contributed by atoms with E-state index in [0.29, 0.717) is 24.3 Å². The molecular formula is C14H13N3O3. The third kappa shape index (κ3) is 5.17. The molecule has 0 aliphatic heterocycles. The van der Waals surface area contributed by atoms with Gasteiger partial charge in [0, 0.05) is 35.1 Å². The van der Waals surface area contributed by atoms with Gasteiger partial charge in [0.05, 0.1) is 7.11 Å². The summed E-state index contributed by atoms with van der Waals surface area (Å²) in [6, 6.07) is 5.23. The number of hydrogen-bond acceptors (Lipinski definition) is 3. The lowest BCUT2D eigenvalue weighted by atomic mass is 10.1. The molecule has 0 spiro atoms. The maximum absolute atomic E-state index is 10.5. The Kier molecular flexibility index (Phi) is 6.25. The van der Waals surface area contributed by atoms with Crippen LogP contribution in [0.5, 0.6) is 5.75 Å². The fourth-order valence-corrected chi connectivity index (χ4v) is 1.42. The molecule has 0 bridgehead atoms. The van der Waals surface area contributed by atoms with Crippen LogP contribution in [0.2, 0.25) is 0 Å². The lowest BCUT2D eigenvalue weighted by molar-refractivity contribution is -0.131. The number of nitrogens with zero attached hydrogens (tertiary/aromatic N) is 3. The van der Waals surface area contributed by atoms with Crippen molar-refractivity contribution >= 4 is 12.0 Å². The van der Waals surface area contributed by atoms with Gasteiger partial charge in [0.15, 0.2) is 0 Å². The fraction of sp³-hybridized carbons (Fsp3) is 0.214. The second-order valence-electron chi connectivity index (χ2n) is 3.63. The highest BCUT2D eigenvalue weighted by molar-refractivity contribution is 5.86.